The monoisotopic (exact) mass is 395 g/mol. The first-order chi connectivity index (χ1) is 14.6. The molecule has 4 nitrogen and oxygen atoms in total. The van der Waals surface area contributed by atoms with Crippen molar-refractivity contribution < 1.29 is 14.6 Å². The van der Waals surface area contributed by atoms with Gasteiger partial charge >= 0.3 is 5.97 Å². The molecule has 148 valence electrons. The van der Waals surface area contributed by atoms with Crippen LogP contribution in [0, 0.1) is 6.92 Å². The third-order valence-corrected chi connectivity index (χ3v) is 5.92. The summed E-state index contributed by atoms with van der Waals surface area (Å²) in [6, 6.07) is 27.0. The van der Waals surface area contributed by atoms with Crippen LogP contribution in [-0.4, -0.2) is 22.8 Å². The molecule has 1 aromatic heterocycles. The van der Waals surface area contributed by atoms with Crippen molar-refractivity contribution in [1.29, 1.82) is 0 Å². The maximum Gasteiger partial charge on any atom is 0.339 e. The summed E-state index contributed by atoms with van der Waals surface area (Å²) < 4.78 is 7.20. The molecule has 0 aliphatic carbocycles. The molecule has 0 amide bonds. The minimum Gasteiger partial charge on any atom is -0.465 e. The third kappa shape index (κ3) is 2.34. The quantitative estimate of drug-likeness (QED) is 0.515. The van der Waals surface area contributed by atoms with Crippen LogP contribution < -0.4 is 0 Å². The van der Waals surface area contributed by atoms with Gasteiger partial charge in [0.2, 0.25) is 0 Å². The molecule has 1 N–H and O–H groups in total. The maximum absolute atomic E-state index is 13.1. The molecule has 30 heavy (non-hydrogen) atoms. The van der Waals surface area contributed by atoms with Crippen molar-refractivity contribution in [2.24, 2.45) is 0 Å². The average Bonchev–Trinajstić information content (AvgIpc) is 3.26. The lowest BCUT2D eigenvalue weighted by Gasteiger charge is -2.26. The highest BCUT2D eigenvalue weighted by Gasteiger charge is 2.51. The number of para-hydroxylation sites is 1. The van der Waals surface area contributed by atoms with Gasteiger partial charge in [-0.2, -0.15) is 0 Å². The second-order valence-corrected chi connectivity index (χ2v) is 7.48. The lowest BCUT2D eigenvalue weighted by molar-refractivity contribution is -0.138. The number of ether oxygens (including phenoxy) is 1. The Bertz CT molecular complexity index is 1300. The fourth-order valence-electron chi connectivity index (χ4n) is 4.64. The number of methoxy groups -OCH3 is 1. The van der Waals surface area contributed by atoms with E-state index in [0.29, 0.717) is 17.0 Å². The standard InChI is InChI=1S/C26H21NO3/c1-17-20-15-9-10-16-21(20)27-23(18-11-5-3-6-12-18)22(25(28)30-2)26(29,24(17)27)19-13-7-4-8-14-19/h3-16,29H,1-2H3. The van der Waals surface area contributed by atoms with E-state index in [1.54, 1.807) is 0 Å². The minimum absolute atomic E-state index is 0.228. The van der Waals surface area contributed by atoms with E-state index in [0.717, 1.165) is 22.0 Å². The molecule has 4 aromatic rings. The van der Waals surface area contributed by atoms with Gasteiger partial charge in [0.25, 0.3) is 0 Å². The van der Waals surface area contributed by atoms with Crippen molar-refractivity contribution in [3.63, 3.8) is 0 Å². The van der Waals surface area contributed by atoms with Gasteiger partial charge < -0.3 is 14.4 Å². The second kappa shape index (κ2) is 6.71. The van der Waals surface area contributed by atoms with Crippen LogP contribution >= 0.6 is 0 Å². The van der Waals surface area contributed by atoms with Gasteiger partial charge in [-0.3, -0.25) is 0 Å². The summed E-state index contributed by atoms with van der Waals surface area (Å²) >= 11 is 0. The molecule has 4 heteroatoms. The summed E-state index contributed by atoms with van der Waals surface area (Å²) in [6.45, 7) is 1.99. The number of carbonyl (C=O) groups excluding carboxylic acids is 1. The molecule has 1 unspecified atom stereocenters. The fourth-order valence-corrected chi connectivity index (χ4v) is 4.64. The van der Waals surface area contributed by atoms with Gasteiger partial charge in [0.15, 0.2) is 5.60 Å². The van der Waals surface area contributed by atoms with Gasteiger partial charge in [-0.25, -0.2) is 4.79 Å². The number of hydrogen-bond acceptors (Lipinski definition) is 3. The number of fused-ring (bicyclic) bond motifs is 3. The molecule has 0 fully saturated rings. The first-order valence-electron chi connectivity index (χ1n) is 9.86. The van der Waals surface area contributed by atoms with Crippen molar-refractivity contribution >= 4 is 22.6 Å². The Hall–Kier alpha value is -3.63. The summed E-state index contributed by atoms with van der Waals surface area (Å²) in [5.74, 6) is -0.549. The molecule has 1 atom stereocenters. The Kier molecular flexibility index (Phi) is 4.12. The van der Waals surface area contributed by atoms with E-state index in [1.165, 1.54) is 7.11 Å². The number of aromatic nitrogens is 1. The van der Waals surface area contributed by atoms with Crippen LogP contribution in [-0.2, 0) is 15.1 Å². The number of rotatable bonds is 3. The molecule has 2 heterocycles. The summed E-state index contributed by atoms with van der Waals surface area (Å²) in [6.07, 6.45) is 0. The van der Waals surface area contributed by atoms with E-state index in [-0.39, 0.29) is 5.57 Å². The van der Waals surface area contributed by atoms with Gasteiger partial charge in [0.05, 0.1) is 24.0 Å². The molecular formula is C26H21NO3. The first kappa shape index (κ1) is 18.4. The molecule has 0 saturated carbocycles. The molecular weight excluding hydrogens is 374 g/mol. The predicted molar refractivity (Wildman–Crippen MR) is 117 cm³/mol. The van der Waals surface area contributed by atoms with Gasteiger partial charge in [-0.05, 0) is 29.7 Å². The summed E-state index contributed by atoms with van der Waals surface area (Å²) in [5, 5.41) is 13.4. The predicted octanol–water partition coefficient (Wildman–Crippen LogP) is 4.63. The number of esters is 1. The van der Waals surface area contributed by atoms with Crippen LogP contribution in [0.25, 0.3) is 16.6 Å². The molecule has 1 aliphatic rings. The Morgan fingerprint density at radius 2 is 1.50 bits per heavy atom. The zero-order valence-corrected chi connectivity index (χ0v) is 16.8. The van der Waals surface area contributed by atoms with Crippen LogP contribution in [0.4, 0.5) is 0 Å². The van der Waals surface area contributed by atoms with Crippen LogP contribution in [0.15, 0.2) is 90.5 Å². The topological polar surface area (TPSA) is 51.5 Å². The van der Waals surface area contributed by atoms with Crippen molar-refractivity contribution in [3.05, 3.63) is 113 Å². The smallest absolute Gasteiger partial charge is 0.339 e. The van der Waals surface area contributed by atoms with Crippen LogP contribution in [0.1, 0.15) is 22.4 Å². The summed E-state index contributed by atoms with van der Waals surface area (Å²) in [7, 11) is 1.35. The van der Waals surface area contributed by atoms with E-state index in [9.17, 15) is 9.90 Å². The molecule has 5 rings (SSSR count). The number of aryl methyl sites for hydroxylation is 1. The fraction of sp³-hybridized carbons (Fsp3) is 0.115. The average molecular weight is 395 g/mol. The van der Waals surface area contributed by atoms with Crippen molar-refractivity contribution in [2.75, 3.05) is 7.11 Å². The van der Waals surface area contributed by atoms with Gasteiger partial charge in [0, 0.05) is 5.39 Å². The van der Waals surface area contributed by atoms with Crippen LogP contribution in [0.5, 0.6) is 0 Å². The summed E-state index contributed by atoms with van der Waals surface area (Å²) in [4.78, 5) is 13.1. The lowest BCUT2D eigenvalue weighted by atomic mass is 9.82. The zero-order chi connectivity index (χ0) is 20.9. The Labute approximate surface area is 174 Å². The minimum atomic E-state index is -1.64. The third-order valence-electron chi connectivity index (χ3n) is 5.92. The Morgan fingerprint density at radius 1 is 0.900 bits per heavy atom. The van der Waals surface area contributed by atoms with Crippen molar-refractivity contribution in [3.8, 4) is 0 Å². The number of benzene rings is 3. The Balaban J connectivity index is 2.00. The van der Waals surface area contributed by atoms with Crippen LogP contribution in [0.3, 0.4) is 0 Å². The molecule has 0 bridgehead atoms. The molecule has 3 aromatic carbocycles. The van der Waals surface area contributed by atoms with E-state index in [2.05, 4.69) is 0 Å². The van der Waals surface area contributed by atoms with Crippen molar-refractivity contribution in [2.45, 2.75) is 12.5 Å². The van der Waals surface area contributed by atoms with Crippen LogP contribution in [0.2, 0.25) is 0 Å². The molecule has 0 radical (unpaired) electrons. The highest BCUT2D eigenvalue weighted by Crippen LogP contribution is 2.51. The Morgan fingerprint density at radius 3 is 2.17 bits per heavy atom. The van der Waals surface area contributed by atoms with E-state index in [1.807, 2.05) is 96.4 Å². The largest absolute Gasteiger partial charge is 0.465 e. The SMILES string of the molecule is COC(=O)C1=C(c2ccccc2)n2c(c(C)c3ccccc32)C1(O)c1ccccc1. The van der Waals surface area contributed by atoms with Gasteiger partial charge in [0.1, 0.15) is 5.57 Å². The highest BCUT2D eigenvalue weighted by molar-refractivity contribution is 6.06. The second-order valence-electron chi connectivity index (χ2n) is 7.48. The highest BCUT2D eigenvalue weighted by atomic mass is 16.5. The molecule has 0 saturated heterocycles. The zero-order valence-electron chi connectivity index (χ0n) is 16.8. The number of hydrogen-bond donors (Lipinski definition) is 1. The summed E-state index contributed by atoms with van der Waals surface area (Å²) in [5.41, 5.74) is 3.26. The van der Waals surface area contributed by atoms with E-state index >= 15 is 0 Å². The normalized spacial score (nSPS) is 18.0. The van der Waals surface area contributed by atoms with Gasteiger partial charge in [-0.1, -0.05) is 78.9 Å². The number of carbonyl (C=O) groups is 1. The first-order valence-corrected chi connectivity index (χ1v) is 9.86. The number of nitrogens with zero attached hydrogens (tertiary/aromatic N) is 1. The lowest BCUT2D eigenvalue weighted by Crippen LogP contribution is -2.32. The number of aliphatic hydroxyl groups is 1. The van der Waals surface area contributed by atoms with E-state index in [4.69, 9.17) is 4.74 Å². The maximum atomic E-state index is 13.1. The van der Waals surface area contributed by atoms with Crippen molar-refractivity contribution in [1.82, 2.24) is 4.57 Å². The molecule has 0 spiro atoms. The van der Waals surface area contributed by atoms with E-state index < -0.39 is 11.6 Å². The molecule has 1 aliphatic heterocycles. The van der Waals surface area contributed by atoms with Gasteiger partial charge in [-0.15, -0.1) is 0 Å².